The Balaban J connectivity index is 0.00000372. The maximum atomic E-state index is 13.7. The summed E-state index contributed by atoms with van der Waals surface area (Å²) in [6.45, 7) is 2.00. The van der Waals surface area contributed by atoms with Gasteiger partial charge in [-0.05, 0) is 31.5 Å². The van der Waals surface area contributed by atoms with Gasteiger partial charge in [0.1, 0.15) is 23.9 Å². The second-order valence-electron chi connectivity index (χ2n) is 14.3. The van der Waals surface area contributed by atoms with Crippen molar-refractivity contribution in [2.75, 3.05) is 48.6 Å². The zero-order chi connectivity index (χ0) is 32.3. The second kappa shape index (κ2) is 11.4. The minimum Gasteiger partial charge on any atom is -0.455 e. The summed E-state index contributed by atoms with van der Waals surface area (Å²) >= 11 is 0. The van der Waals surface area contributed by atoms with Crippen LogP contribution in [0.1, 0.15) is 30.1 Å². The predicted octanol–water partition coefficient (Wildman–Crippen LogP) is 0.836. The molecular weight excluding hydrogens is 666 g/mol. The van der Waals surface area contributed by atoms with E-state index in [2.05, 4.69) is 4.90 Å². The molecule has 0 amide bonds. The van der Waals surface area contributed by atoms with Gasteiger partial charge in [0.15, 0.2) is 5.60 Å². The van der Waals surface area contributed by atoms with Gasteiger partial charge in [0.05, 0.1) is 30.5 Å². The number of carbonyl (C=O) groups excluding carboxylic acids is 2. The van der Waals surface area contributed by atoms with Crippen molar-refractivity contribution in [3.8, 4) is 0 Å². The Morgan fingerprint density at radius 2 is 1.70 bits per heavy atom. The molecule has 1 aromatic carbocycles. The zero-order valence-corrected chi connectivity index (χ0v) is 28.7. The molecule has 1 saturated heterocycles. The van der Waals surface area contributed by atoms with Gasteiger partial charge in [-0.15, -0.1) is 17.0 Å². The van der Waals surface area contributed by atoms with E-state index in [0.717, 1.165) is 0 Å². The molecule has 1 spiro atoms. The van der Waals surface area contributed by atoms with E-state index in [0.29, 0.717) is 18.5 Å². The first-order chi connectivity index (χ1) is 21.4. The van der Waals surface area contributed by atoms with Gasteiger partial charge >= 0.3 is 11.9 Å². The van der Waals surface area contributed by atoms with E-state index in [1.165, 1.54) is 14.0 Å². The van der Waals surface area contributed by atoms with Gasteiger partial charge in [-0.3, -0.25) is 4.79 Å². The third-order valence-corrected chi connectivity index (χ3v) is 12.9. The lowest BCUT2D eigenvalue weighted by molar-refractivity contribution is -0.321. The Kier molecular flexibility index (Phi) is 8.51. The number of ether oxygens (including phenoxy) is 6. The van der Waals surface area contributed by atoms with E-state index in [-0.39, 0.29) is 42.0 Å². The zero-order valence-electron chi connectivity index (χ0n) is 27.0. The number of aliphatic hydroxyl groups excluding tert-OH is 2. The van der Waals surface area contributed by atoms with Crippen LogP contribution in [0.5, 0.6) is 0 Å². The molecule has 1 aliphatic heterocycles. The number of esters is 2. The molecular formula is C33H46BrNO11. The number of piperidine rings is 1. The molecule has 13 heteroatoms. The molecule has 12 nitrogen and oxygen atoms in total. The first-order valence-electron chi connectivity index (χ1n) is 15.8. The van der Waals surface area contributed by atoms with Crippen molar-refractivity contribution in [2.45, 2.75) is 73.6 Å². The van der Waals surface area contributed by atoms with E-state index in [4.69, 9.17) is 28.4 Å². The summed E-state index contributed by atoms with van der Waals surface area (Å²) < 4.78 is 37.2. The van der Waals surface area contributed by atoms with Crippen LogP contribution in [0.2, 0.25) is 0 Å². The van der Waals surface area contributed by atoms with Gasteiger partial charge < -0.3 is 48.6 Å². The highest BCUT2D eigenvalue weighted by Crippen LogP contribution is 2.80. The van der Waals surface area contributed by atoms with Crippen LogP contribution < -0.4 is 0 Å². The second-order valence-corrected chi connectivity index (χ2v) is 14.3. The first kappa shape index (κ1) is 34.2. The van der Waals surface area contributed by atoms with Gasteiger partial charge in [0.2, 0.25) is 0 Å². The van der Waals surface area contributed by atoms with Crippen LogP contribution >= 0.6 is 17.0 Å². The Hall–Kier alpha value is -1.68. The number of methoxy groups -OCH3 is 4. The standard InChI is InChI=1S/C33H45NO11.BrH/c1-16(35)45-33-21-18(13-31(39,28(43-6)26(33)37)27(21)44-29(38)17-10-8-7-9-11-17)32-20(41-4)12-19(36)30(15-40-3)14-34(2)25(32)22(33)23(42-5)24(30)32;/h7-11,18-28,36-37,39H,12-15H2,1-6H3;1H/t18-,19?,20?,21-,22?,23?,24-,25-,26?,27?,28+,30?,31+,32?,33-;/m1./s1. The van der Waals surface area contributed by atoms with Crippen molar-refractivity contribution in [3.63, 3.8) is 0 Å². The lowest BCUT2D eigenvalue weighted by atomic mass is 9.42. The molecule has 8 unspecified atom stereocenters. The lowest BCUT2D eigenvalue weighted by Crippen LogP contribution is -2.81. The number of halogens is 1. The molecule has 6 aliphatic rings. The number of aliphatic hydroxyl groups is 3. The van der Waals surface area contributed by atoms with E-state index in [1.54, 1.807) is 51.7 Å². The van der Waals surface area contributed by atoms with Gasteiger partial charge in [0.25, 0.3) is 0 Å². The van der Waals surface area contributed by atoms with Crippen LogP contribution in [-0.2, 0) is 33.2 Å². The molecule has 46 heavy (non-hydrogen) atoms. The molecule has 0 aromatic heterocycles. The summed E-state index contributed by atoms with van der Waals surface area (Å²) in [4.78, 5) is 29.1. The van der Waals surface area contributed by atoms with Gasteiger partial charge in [-0.2, -0.15) is 0 Å². The average Bonchev–Trinajstić information content (AvgIpc) is 3.40. The molecule has 1 heterocycles. The largest absolute Gasteiger partial charge is 0.455 e. The van der Waals surface area contributed by atoms with E-state index in [1.807, 2.05) is 7.05 Å². The predicted molar refractivity (Wildman–Crippen MR) is 166 cm³/mol. The molecule has 3 N–H and O–H groups in total. The van der Waals surface area contributed by atoms with E-state index < -0.39 is 88.3 Å². The molecule has 7 rings (SSSR count). The summed E-state index contributed by atoms with van der Waals surface area (Å²) in [5.41, 5.74) is -4.79. The number of rotatable bonds is 8. The summed E-state index contributed by atoms with van der Waals surface area (Å²) in [7, 11) is 8.20. The van der Waals surface area contributed by atoms with Crippen LogP contribution in [0.3, 0.4) is 0 Å². The third-order valence-electron chi connectivity index (χ3n) is 12.9. The van der Waals surface area contributed by atoms with Crippen LogP contribution in [-0.4, -0.2) is 135 Å². The average molecular weight is 713 g/mol. The maximum absolute atomic E-state index is 13.7. The van der Waals surface area contributed by atoms with Crippen molar-refractivity contribution < 1.29 is 53.3 Å². The lowest BCUT2D eigenvalue weighted by Gasteiger charge is -2.70. The molecule has 1 aromatic rings. The Labute approximate surface area is 279 Å². The highest BCUT2D eigenvalue weighted by Gasteiger charge is 2.92. The molecule has 256 valence electrons. The highest BCUT2D eigenvalue weighted by molar-refractivity contribution is 8.93. The van der Waals surface area contributed by atoms with Crippen LogP contribution in [0, 0.1) is 34.5 Å². The number of fused-ring (bicyclic) bond motifs is 2. The van der Waals surface area contributed by atoms with Crippen molar-refractivity contribution in [1.82, 2.24) is 4.90 Å². The summed E-state index contributed by atoms with van der Waals surface area (Å²) in [6.07, 6.45) is -5.50. The van der Waals surface area contributed by atoms with E-state index in [9.17, 15) is 24.9 Å². The van der Waals surface area contributed by atoms with Gasteiger partial charge in [-0.25, -0.2) is 4.79 Å². The molecule has 15 atom stereocenters. The monoisotopic (exact) mass is 711 g/mol. The quantitative estimate of drug-likeness (QED) is 0.328. The van der Waals surface area contributed by atoms with Crippen LogP contribution in [0.15, 0.2) is 30.3 Å². The highest BCUT2D eigenvalue weighted by atomic mass is 79.9. The number of hydrogen-bond acceptors (Lipinski definition) is 12. The Morgan fingerprint density at radius 1 is 1.00 bits per heavy atom. The molecule has 6 fully saturated rings. The number of carbonyl (C=O) groups is 2. The van der Waals surface area contributed by atoms with Crippen molar-refractivity contribution in [2.24, 2.45) is 34.5 Å². The number of hydrogen-bond donors (Lipinski definition) is 3. The Morgan fingerprint density at radius 3 is 2.28 bits per heavy atom. The molecule has 0 radical (unpaired) electrons. The Bertz CT molecular complexity index is 1350. The number of nitrogens with zero attached hydrogens (tertiary/aromatic N) is 1. The van der Waals surface area contributed by atoms with Gasteiger partial charge in [0, 0.05) is 83.0 Å². The fourth-order valence-corrected chi connectivity index (χ4v) is 12.2. The fraction of sp³-hybridized carbons (Fsp3) is 0.758. The third kappa shape index (κ3) is 3.83. The van der Waals surface area contributed by atoms with Crippen molar-refractivity contribution in [3.05, 3.63) is 35.9 Å². The molecule has 7 bridgehead atoms. The fourth-order valence-electron chi connectivity index (χ4n) is 12.2. The van der Waals surface area contributed by atoms with E-state index >= 15 is 0 Å². The maximum Gasteiger partial charge on any atom is 0.338 e. The number of benzene rings is 1. The normalized spacial score (nSPS) is 49.6. The molecule has 5 aliphatic carbocycles. The first-order valence-corrected chi connectivity index (χ1v) is 15.8. The number of likely N-dealkylation sites (tertiary alicyclic amines) is 1. The summed E-state index contributed by atoms with van der Waals surface area (Å²) in [5.74, 6) is -3.66. The SMILES string of the molecule is Br.COCC12CN(C)[C@@H]3C4C(OC)[C@H]1C3(C(OC)CC2O)[C@@H]1C[C@]2(O)C(OC(=O)c3ccccc3)[C@@H]1[C@]4(OC(C)=O)C(O)[C@@H]2OC. The summed E-state index contributed by atoms with van der Waals surface area (Å²) in [6, 6.07) is 8.15. The minimum atomic E-state index is -1.83. The smallest absolute Gasteiger partial charge is 0.338 e. The van der Waals surface area contributed by atoms with Gasteiger partial charge in [-0.1, -0.05) is 18.2 Å². The van der Waals surface area contributed by atoms with Crippen molar-refractivity contribution in [1.29, 1.82) is 0 Å². The van der Waals surface area contributed by atoms with Crippen LogP contribution in [0.25, 0.3) is 0 Å². The minimum absolute atomic E-state index is 0. The van der Waals surface area contributed by atoms with Crippen molar-refractivity contribution >= 4 is 28.9 Å². The topological polar surface area (TPSA) is 153 Å². The summed E-state index contributed by atoms with van der Waals surface area (Å²) in [5, 5.41) is 37.0. The molecule has 5 saturated carbocycles. The van der Waals surface area contributed by atoms with Crippen LogP contribution in [0.4, 0.5) is 0 Å².